The monoisotopic (exact) mass is 366 g/mol. The Morgan fingerprint density at radius 3 is 2.73 bits per heavy atom. The Morgan fingerprint density at radius 1 is 1.31 bits per heavy atom. The second-order valence-corrected chi connectivity index (χ2v) is 6.07. The van der Waals surface area contributed by atoms with Crippen molar-refractivity contribution in [2.24, 2.45) is 0 Å². The van der Waals surface area contributed by atoms with Crippen molar-refractivity contribution >= 4 is 11.7 Å². The standard InChI is InChI=1S/C17H17F3N4O2/c18-17(19,20)10-26-16-13(11-4-1-2-5-11)8-12(9-21-16)15(25)23-14-6-3-7-22-24-14/h3,6-9,11H,1-2,4-5,10H2,(H,23,24,25). The van der Waals surface area contributed by atoms with E-state index in [0.29, 0.717) is 5.56 Å². The number of ether oxygens (including phenoxy) is 1. The number of carbonyl (C=O) groups is 1. The smallest absolute Gasteiger partial charge is 0.422 e. The van der Waals surface area contributed by atoms with Gasteiger partial charge in [0, 0.05) is 18.0 Å². The number of carbonyl (C=O) groups excluding carboxylic acids is 1. The Bertz CT molecular complexity index is 762. The number of halogens is 3. The molecule has 2 heterocycles. The Labute approximate surface area is 147 Å². The normalized spacial score (nSPS) is 15.0. The van der Waals surface area contributed by atoms with Crippen molar-refractivity contribution < 1.29 is 22.7 Å². The third-order valence-electron chi connectivity index (χ3n) is 4.12. The molecule has 6 nitrogen and oxygen atoms in total. The summed E-state index contributed by atoms with van der Waals surface area (Å²) >= 11 is 0. The first-order valence-corrected chi connectivity index (χ1v) is 8.21. The van der Waals surface area contributed by atoms with Crippen LogP contribution in [0.3, 0.4) is 0 Å². The van der Waals surface area contributed by atoms with Crippen LogP contribution in [0.1, 0.15) is 47.5 Å². The molecule has 0 radical (unpaired) electrons. The van der Waals surface area contributed by atoms with E-state index >= 15 is 0 Å². The van der Waals surface area contributed by atoms with E-state index in [4.69, 9.17) is 4.74 Å². The van der Waals surface area contributed by atoms with E-state index in [-0.39, 0.29) is 23.2 Å². The summed E-state index contributed by atoms with van der Waals surface area (Å²) in [5, 5.41) is 10.0. The fraction of sp³-hybridized carbons (Fsp3) is 0.412. The lowest BCUT2D eigenvalue weighted by Crippen LogP contribution is -2.21. The van der Waals surface area contributed by atoms with Crippen LogP contribution in [0.5, 0.6) is 5.88 Å². The largest absolute Gasteiger partial charge is 0.468 e. The molecule has 0 unspecified atom stereocenters. The fourth-order valence-electron chi connectivity index (χ4n) is 2.95. The summed E-state index contributed by atoms with van der Waals surface area (Å²) in [6.07, 6.45) is 1.87. The highest BCUT2D eigenvalue weighted by molar-refractivity contribution is 6.03. The summed E-state index contributed by atoms with van der Waals surface area (Å²) in [5.74, 6) is -0.211. The Morgan fingerprint density at radius 2 is 2.08 bits per heavy atom. The quantitative estimate of drug-likeness (QED) is 0.873. The summed E-state index contributed by atoms with van der Waals surface area (Å²) in [7, 11) is 0. The average Bonchev–Trinajstić information content (AvgIpc) is 3.14. The van der Waals surface area contributed by atoms with Crippen LogP contribution in [0.4, 0.5) is 19.0 Å². The molecule has 138 valence electrons. The minimum absolute atomic E-state index is 0.0370. The Hall–Kier alpha value is -2.71. The number of alkyl halides is 3. The van der Waals surface area contributed by atoms with Crippen LogP contribution < -0.4 is 10.1 Å². The van der Waals surface area contributed by atoms with E-state index in [9.17, 15) is 18.0 Å². The van der Waals surface area contributed by atoms with E-state index in [0.717, 1.165) is 25.7 Å². The predicted molar refractivity (Wildman–Crippen MR) is 87.0 cm³/mol. The number of nitrogens with zero attached hydrogens (tertiary/aromatic N) is 3. The van der Waals surface area contributed by atoms with Crippen LogP contribution in [0.15, 0.2) is 30.6 Å². The van der Waals surface area contributed by atoms with Crippen LogP contribution in [0.25, 0.3) is 0 Å². The highest BCUT2D eigenvalue weighted by Gasteiger charge is 2.30. The second-order valence-electron chi connectivity index (χ2n) is 6.07. The van der Waals surface area contributed by atoms with Gasteiger partial charge in [-0.05, 0) is 37.0 Å². The number of amides is 1. The van der Waals surface area contributed by atoms with Crippen molar-refractivity contribution in [2.75, 3.05) is 11.9 Å². The maximum atomic E-state index is 12.5. The van der Waals surface area contributed by atoms with Gasteiger partial charge in [-0.15, -0.1) is 5.10 Å². The van der Waals surface area contributed by atoms with Crippen LogP contribution in [-0.2, 0) is 0 Å². The molecule has 1 aliphatic rings. The molecule has 9 heteroatoms. The molecule has 1 N–H and O–H groups in total. The fourth-order valence-corrected chi connectivity index (χ4v) is 2.95. The number of hydrogen-bond donors (Lipinski definition) is 1. The van der Waals surface area contributed by atoms with Crippen molar-refractivity contribution in [1.29, 1.82) is 0 Å². The Kier molecular flexibility index (Phi) is 5.34. The van der Waals surface area contributed by atoms with Gasteiger partial charge in [0.2, 0.25) is 5.88 Å². The number of anilines is 1. The van der Waals surface area contributed by atoms with Gasteiger partial charge < -0.3 is 10.1 Å². The van der Waals surface area contributed by atoms with Crippen molar-refractivity contribution in [3.63, 3.8) is 0 Å². The molecule has 1 fully saturated rings. The molecule has 2 aromatic heterocycles. The molecule has 0 aliphatic heterocycles. The van der Waals surface area contributed by atoms with Crippen molar-refractivity contribution in [1.82, 2.24) is 15.2 Å². The summed E-state index contributed by atoms with van der Waals surface area (Å²) in [6, 6.07) is 4.76. The van der Waals surface area contributed by atoms with Crippen molar-refractivity contribution in [3.8, 4) is 5.88 Å². The second kappa shape index (κ2) is 7.67. The predicted octanol–water partition coefficient (Wildman–Crippen LogP) is 3.72. The van der Waals surface area contributed by atoms with E-state index in [1.165, 1.54) is 12.4 Å². The lowest BCUT2D eigenvalue weighted by molar-refractivity contribution is -0.154. The van der Waals surface area contributed by atoms with Gasteiger partial charge in [0.05, 0.1) is 5.56 Å². The zero-order chi connectivity index (χ0) is 18.6. The summed E-state index contributed by atoms with van der Waals surface area (Å²) in [5.41, 5.74) is 0.774. The zero-order valence-electron chi connectivity index (χ0n) is 13.8. The third-order valence-corrected chi connectivity index (χ3v) is 4.12. The van der Waals surface area contributed by atoms with Gasteiger partial charge in [-0.2, -0.15) is 18.3 Å². The number of hydrogen-bond acceptors (Lipinski definition) is 5. The first-order valence-electron chi connectivity index (χ1n) is 8.21. The third kappa shape index (κ3) is 4.68. The van der Waals surface area contributed by atoms with Gasteiger partial charge in [-0.1, -0.05) is 12.8 Å². The molecule has 26 heavy (non-hydrogen) atoms. The maximum absolute atomic E-state index is 12.5. The van der Waals surface area contributed by atoms with Gasteiger partial charge in [-0.3, -0.25) is 4.79 Å². The minimum atomic E-state index is -4.45. The molecular formula is C17H17F3N4O2. The van der Waals surface area contributed by atoms with Gasteiger partial charge >= 0.3 is 6.18 Å². The van der Waals surface area contributed by atoms with E-state index in [1.54, 1.807) is 18.2 Å². The van der Waals surface area contributed by atoms with Gasteiger partial charge in [0.25, 0.3) is 5.91 Å². The molecule has 0 saturated heterocycles. The number of rotatable bonds is 5. The van der Waals surface area contributed by atoms with Crippen molar-refractivity contribution in [2.45, 2.75) is 37.8 Å². The van der Waals surface area contributed by atoms with Crippen LogP contribution in [-0.4, -0.2) is 33.9 Å². The average molecular weight is 366 g/mol. The van der Waals surface area contributed by atoms with E-state index < -0.39 is 18.7 Å². The van der Waals surface area contributed by atoms with E-state index in [2.05, 4.69) is 20.5 Å². The van der Waals surface area contributed by atoms with Crippen LogP contribution in [0.2, 0.25) is 0 Å². The highest BCUT2D eigenvalue weighted by atomic mass is 19.4. The zero-order valence-corrected chi connectivity index (χ0v) is 13.8. The first-order chi connectivity index (χ1) is 12.4. The van der Waals surface area contributed by atoms with Crippen LogP contribution >= 0.6 is 0 Å². The summed E-state index contributed by atoms with van der Waals surface area (Å²) < 4.78 is 42.3. The lowest BCUT2D eigenvalue weighted by Gasteiger charge is -2.17. The molecule has 2 aromatic rings. The lowest BCUT2D eigenvalue weighted by atomic mass is 9.97. The molecule has 1 amide bonds. The van der Waals surface area contributed by atoms with Crippen LogP contribution in [0, 0.1) is 0 Å². The Balaban J connectivity index is 1.82. The van der Waals surface area contributed by atoms with Gasteiger partial charge in [-0.25, -0.2) is 4.98 Å². The molecule has 0 atom stereocenters. The molecule has 1 aliphatic carbocycles. The topological polar surface area (TPSA) is 77.0 Å². The highest BCUT2D eigenvalue weighted by Crippen LogP contribution is 2.38. The molecular weight excluding hydrogens is 349 g/mol. The molecule has 1 saturated carbocycles. The summed E-state index contributed by atoms with van der Waals surface area (Å²) in [4.78, 5) is 16.3. The number of pyridine rings is 1. The molecule has 0 aromatic carbocycles. The summed E-state index contributed by atoms with van der Waals surface area (Å²) in [6.45, 7) is -1.41. The van der Waals surface area contributed by atoms with Gasteiger partial charge in [0.15, 0.2) is 12.4 Å². The molecule has 0 bridgehead atoms. The first kappa shape index (κ1) is 18.1. The number of aromatic nitrogens is 3. The van der Waals surface area contributed by atoms with E-state index in [1.807, 2.05) is 0 Å². The number of nitrogens with one attached hydrogen (secondary N) is 1. The maximum Gasteiger partial charge on any atom is 0.422 e. The molecule has 0 spiro atoms. The SMILES string of the molecule is O=C(Nc1cccnn1)c1cnc(OCC(F)(F)F)c(C2CCCC2)c1. The minimum Gasteiger partial charge on any atom is -0.468 e. The van der Waals surface area contributed by atoms with Crippen molar-refractivity contribution in [3.05, 3.63) is 41.7 Å². The van der Waals surface area contributed by atoms with Gasteiger partial charge in [0.1, 0.15) is 0 Å². The molecule has 3 rings (SSSR count).